The molecule has 0 spiro atoms. The summed E-state index contributed by atoms with van der Waals surface area (Å²) in [4.78, 5) is 23.9. The minimum atomic E-state index is -0.337. The molecule has 0 atom stereocenters. The van der Waals surface area contributed by atoms with Gasteiger partial charge in [-0.25, -0.2) is 0 Å². The Balaban J connectivity index is 1.85. The predicted molar refractivity (Wildman–Crippen MR) is 83.3 cm³/mol. The molecule has 1 aromatic heterocycles. The van der Waals surface area contributed by atoms with Gasteiger partial charge in [0.15, 0.2) is 5.76 Å². The molecule has 23 heavy (non-hydrogen) atoms. The van der Waals surface area contributed by atoms with Crippen molar-refractivity contribution < 1.29 is 23.5 Å². The van der Waals surface area contributed by atoms with Gasteiger partial charge in [0.25, 0.3) is 0 Å². The van der Waals surface area contributed by atoms with E-state index in [0.717, 1.165) is 5.76 Å². The average Bonchev–Trinajstić information content (AvgIpc) is 3.03. The summed E-state index contributed by atoms with van der Waals surface area (Å²) in [6, 6.07) is 8.29. The molecule has 0 bridgehead atoms. The molecule has 0 radical (unpaired) electrons. The number of rotatable bonds is 3. The van der Waals surface area contributed by atoms with Crippen LogP contribution in [-0.2, 0) is 4.79 Å². The quantitative estimate of drug-likeness (QED) is 0.490. The van der Waals surface area contributed by atoms with E-state index in [-0.39, 0.29) is 23.4 Å². The summed E-state index contributed by atoms with van der Waals surface area (Å²) < 4.78 is 16.2. The summed E-state index contributed by atoms with van der Waals surface area (Å²) in [5, 5.41) is 0. The summed E-state index contributed by atoms with van der Waals surface area (Å²) in [5.74, 6) is 1.41. The van der Waals surface area contributed by atoms with Gasteiger partial charge in [0.05, 0.1) is 11.5 Å². The van der Waals surface area contributed by atoms with E-state index in [4.69, 9.17) is 13.9 Å². The molecule has 1 aromatic carbocycles. The number of allylic oxidation sites excluding steroid dienone is 1. The van der Waals surface area contributed by atoms with Crippen molar-refractivity contribution in [1.82, 2.24) is 0 Å². The normalized spacial score (nSPS) is 15.0. The van der Waals surface area contributed by atoms with Crippen LogP contribution < -0.4 is 9.47 Å². The Morgan fingerprint density at radius 3 is 2.65 bits per heavy atom. The van der Waals surface area contributed by atoms with Crippen molar-refractivity contribution in [2.75, 3.05) is 0 Å². The molecule has 0 N–H and O–H groups in total. The lowest BCUT2D eigenvalue weighted by atomic mass is 10.1. The molecule has 2 heterocycles. The van der Waals surface area contributed by atoms with Crippen LogP contribution >= 0.6 is 0 Å². The van der Waals surface area contributed by atoms with E-state index in [0.29, 0.717) is 22.8 Å². The second-order valence-corrected chi connectivity index (χ2v) is 5.62. The van der Waals surface area contributed by atoms with Gasteiger partial charge in [-0.15, -0.1) is 0 Å². The van der Waals surface area contributed by atoms with Crippen molar-refractivity contribution >= 4 is 17.8 Å². The molecule has 0 aliphatic carbocycles. The highest BCUT2D eigenvalue weighted by atomic mass is 16.5. The van der Waals surface area contributed by atoms with E-state index in [1.165, 1.54) is 0 Å². The Labute approximate surface area is 133 Å². The zero-order valence-electron chi connectivity index (χ0n) is 13.1. The van der Waals surface area contributed by atoms with E-state index < -0.39 is 0 Å². The first-order chi connectivity index (χ1) is 10.9. The fourth-order valence-electron chi connectivity index (χ4n) is 2.12. The number of carbonyl (C=O) groups is 2. The molecule has 0 fully saturated rings. The summed E-state index contributed by atoms with van der Waals surface area (Å²) in [6.45, 7) is 5.33. The Kier molecular flexibility index (Phi) is 3.78. The summed E-state index contributed by atoms with van der Waals surface area (Å²) in [5.41, 5.74) is 0.434. The Bertz CT molecular complexity index is 811. The molecule has 0 unspecified atom stereocenters. The number of fused-ring (bicyclic) bond motifs is 1. The zero-order valence-corrected chi connectivity index (χ0v) is 13.1. The molecular weight excluding hydrogens is 296 g/mol. The average molecular weight is 312 g/mol. The summed E-state index contributed by atoms with van der Waals surface area (Å²) >= 11 is 0. The third-order valence-electron chi connectivity index (χ3n) is 3.37. The first kappa shape index (κ1) is 15.1. The van der Waals surface area contributed by atoms with Gasteiger partial charge in [-0.05, 0) is 31.2 Å². The maximum Gasteiger partial charge on any atom is 0.313 e. The van der Waals surface area contributed by atoms with Crippen LogP contribution in [0.1, 0.15) is 35.7 Å². The molecule has 0 saturated heterocycles. The minimum Gasteiger partial charge on any atom is -0.462 e. The first-order valence-corrected chi connectivity index (χ1v) is 7.30. The number of hydrogen-bond acceptors (Lipinski definition) is 5. The van der Waals surface area contributed by atoms with E-state index in [1.807, 2.05) is 13.0 Å². The molecular formula is C18H16O5. The van der Waals surface area contributed by atoms with Gasteiger partial charge in [-0.1, -0.05) is 13.8 Å². The van der Waals surface area contributed by atoms with Crippen LogP contribution in [0.15, 0.2) is 40.5 Å². The molecule has 3 rings (SSSR count). The van der Waals surface area contributed by atoms with Gasteiger partial charge in [0, 0.05) is 12.1 Å². The number of esters is 1. The smallest absolute Gasteiger partial charge is 0.313 e. The van der Waals surface area contributed by atoms with Crippen LogP contribution in [0, 0.1) is 12.8 Å². The van der Waals surface area contributed by atoms with Crippen LogP contribution in [0.3, 0.4) is 0 Å². The standard InChI is InChI=1S/C18H16O5/c1-10(2)18(20)22-13-6-7-14-15(8-13)23-16(17(14)19)9-12-5-4-11(3)21-12/h4-10H,1-3H3/b16-9-. The monoisotopic (exact) mass is 312 g/mol. The highest BCUT2D eigenvalue weighted by molar-refractivity contribution is 6.14. The van der Waals surface area contributed by atoms with Crippen LogP contribution in [0.5, 0.6) is 11.5 Å². The maximum absolute atomic E-state index is 12.3. The molecule has 5 nitrogen and oxygen atoms in total. The lowest BCUT2D eigenvalue weighted by molar-refractivity contribution is -0.137. The topological polar surface area (TPSA) is 65.7 Å². The maximum atomic E-state index is 12.3. The third-order valence-corrected chi connectivity index (χ3v) is 3.37. The van der Waals surface area contributed by atoms with Crippen LogP contribution in [-0.4, -0.2) is 11.8 Å². The van der Waals surface area contributed by atoms with Crippen molar-refractivity contribution in [3.8, 4) is 11.5 Å². The van der Waals surface area contributed by atoms with E-state index >= 15 is 0 Å². The lowest BCUT2D eigenvalue weighted by Gasteiger charge is -2.07. The number of furan rings is 1. The number of ether oxygens (including phenoxy) is 2. The van der Waals surface area contributed by atoms with Crippen LogP contribution in [0.4, 0.5) is 0 Å². The fourth-order valence-corrected chi connectivity index (χ4v) is 2.12. The second kappa shape index (κ2) is 5.76. The Hall–Kier alpha value is -2.82. The van der Waals surface area contributed by atoms with Gasteiger partial charge in [0.1, 0.15) is 23.0 Å². The zero-order chi connectivity index (χ0) is 16.6. The minimum absolute atomic E-state index is 0.182. The number of carbonyl (C=O) groups excluding carboxylic acids is 2. The van der Waals surface area contributed by atoms with Crippen molar-refractivity contribution in [2.45, 2.75) is 20.8 Å². The highest BCUT2D eigenvalue weighted by Gasteiger charge is 2.28. The number of hydrogen-bond donors (Lipinski definition) is 0. The van der Waals surface area contributed by atoms with Gasteiger partial charge < -0.3 is 13.9 Å². The van der Waals surface area contributed by atoms with E-state index in [1.54, 1.807) is 44.2 Å². The van der Waals surface area contributed by atoms with Crippen molar-refractivity contribution in [2.24, 2.45) is 5.92 Å². The van der Waals surface area contributed by atoms with Crippen LogP contribution in [0.2, 0.25) is 0 Å². The molecule has 118 valence electrons. The second-order valence-electron chi connectivity index (χ2n) is 5.62. The molecule has 1 aliphatic heterocycles. The predicted octanol–water partition coefficient (Wildman–Crippen LogP) is 3.77. The number of Topliss-reactive ketones (excluding diaryl/α,β-unsaturated/α-hetero) is 1. The van der Waals surface area contributed by atoms with Gasteiger partial charge in [0.2, 0.25) is 5.78 Å². The number of ketones is 1. The summed E-state index contributed by atoms with van der Waals surface area (Å²) in [7, 11) is 0. The Morgan fingerprint density at radius 1 is 1.22 bits per heavy atom. The van der Waals surface area contributed by atoms with Gasteiger partial charge in [-0.2, -0.15) is 0 Å². The molecule has 1 aliphatic rings. The lowest BCUT2D eigenvalue weighted by Crippen LogP contribution is -2.14. The molecule has 5 heteroatoms. The molecule has 0 saturated carbocycles. The first-order valence-electron chi connectivity index (χ1n) is 7.30. The van der Waals surface area contributed by atoms with Gasteiger partial charge >= 0.3 is 5.97 Å². The number of benzene rings is 1. The molecule has 0 amide bonds. The van der Waals surface area contributed by atoms with E-state index in [9.17, 15) is 9.59 Å². The van der Waals surface area contributed by atoms with Gasteiger partial charge in [-0.3, -0.25) is 9.59 Å². The van der Waals surface area contributed by atoms with Crippen LogP contribution in [0.25, 0.3) is 6.08 Å². The van der Waals surface area contributed by atoms with Crippen molar-refractivity contribution in [1.29, 1.82) is 0 Å². The fraction of sp³-hybridized carbons (Fsp3) is 0.222. The number of aryl methyl sites for hydroxylation is 1. The summed E-state index contributed by atoms with van der Waals surface area (Å²) in [6.07, 6.45) is 1.55. The SMILES string of the molecule is Cc1ccc(/C=C2\Oc3cc(OC(=O)C(C)C)ccc3C2=O)o1. The molecule has 2 aromatic rings. The Morgan fingerprint density at radius 2 is 2.00 bits per heavy atom. The largest absolute Gasteiger partial charge is 0.462 e. The van der Waals surface area contributed by atoms with E-state index in [2.05, 4.69) is 0 Å². The third kappa shape index (κ3) is 3.04. The highest BCUT2D eigenvalue weighted by Crippen LogP contribution is 2.35. The van der Waals surface area contributed by atoms with Crippen molar-refractivity contribution in [3.05, 3.63) is 53.2 Å². The van der Waals surface area contributed by atoms with Crippen molar-refractivity contribution in [3.63, 3.8) is 0 Å².